The SMILES string of the molecule is CCCCC(NC(=O)ON)C(=O)O. The number of carbonyl (C=O) groups excluding carboxylic acids is 1. The number of nitrogens with two attached hydrogens (primary N) is 1. The van der Waals surface area contributed by atoms with Crippen LogP contribution in [0.3, 0.4) is 0 Å². The topological polar surface area (TPSA) is 102 Å². The van der Waals surface area contributed by atoms with Gasteiger partial charge in [-0.3, -0.25) is 0 Å². The third-order valence-corrected chi connectivity index (χ3v) is 1.54. The zero-order valence-electron chi connectivity index (χ0n) is 7.45. The number of unbranched alkanes of at least 4 members (excludes halogenated alkanes) is 1. The van der Waals surface area contributed by atoms with E-state index in [4.69, 9.17) is 5.11 Å². The molecule has 0 aliphatic carbocycles. The van der Waals surface area contributed by atoms with Crippen molar-refractivity contribution in [2.24, 2.45) is 5.90 Å². The van der Waals surface area contributed by atoms with E-state index in [-0.39, 0.29) is 0 Å². The zero-order valence-corrected chi connectivity index (χ0v) is 7.45. The van der Waals surface area contributed by atoms with Crippen molar-refractivity contribution in [3.8, 4) is 0 Å². The standard InChI is InChI=1S/C7H14N2O4/c1-2-3-4-5(6(10)11)9-7(12)13-8/h5H,2-4,8H2,1H3,(H,9,12)(H,10,11). The minimum Gasteiger partial charge on any atom is -0.480 e. The lowest BCUT2D eigenvalue weighted by Gasteiger charge is -2.11. The Kier molecular flexibility index (Phi) is 5.62. The quantitative estimate of drug-likeness (QED) is 0.538. The van der Waals surface area contributed by atoms with Gasteiger partial charge in [-0.25, -0.2) is 9.59 Å². The summed E-state index contributed by atoms with van der Waals surface area (Å²) in [5.41, 5.74) is 0. The number of rotatable bonds is 5. The predicted molar refractivity (Wildman–Crippen MR) is 44.8 cm³/mol. The van der Waals surface area contributed by atoms with Gasteiger partial charge in [0.15, 0.2) is 0 Å². The van der Waals surface area contributed by atoms with Crippen molar-refractivity contribution in [1.29, 1.82) is 0 Å². The number of carbonyl (C=O) groups is 2. The third-order valence-electron chi connectivity index (χ3n) is 1.54. The lowest BCUT2D eigenvalue weighted by Crippen LogP contribution is -2.41. The van der Waals surface area contributed by atoms with Gasteiger partial charge in [0.25, 0.3) is 0 Å². The van der Waals surface area contributed by atoms with Crippen molar-refractivity contribution in [1.82, 2.24) is 5.32 Å². The molecular weight excluding hydrogens is 176 g/mol. The molecule has 1 atom stereocenters. The summed E-state index contributed by atoms with van der Waals surface area (Å²) in [6.45, 7) is 1.93. The van der Waals surface area contributed by atoms with Gasteiger partial charge in [-0.1, -0.05) is 19.8 Å². The maximum absolute atomic E-state index is 10.6. The molecule has 76 valence electrons. The summed E-state index contributed by atoms with van der Waals surface area (Å²) >= 11 is 0. The maximum Gasteiger partial charge on any atom is 0.426 e. The molecule has 0 aliphatic rings. The summed E-state index contributed by atoms with van der Waals surface area (Å²) in [6, 6.07) is -0.920. The van der Waals surface area contributed by atoms with Crippen LogP contribution in [0.1, 0.15) is 26.2 Å². The molecule has 0 rings (SSSR count). The molecule has 0 saturated carbocycles. The van der Waals surface area contributed by atoms with Crippen LogP contribution in [0.4, 0.5) is 4.79 Å². The third kappa shape index (κ3) is 5.02. The first-order valence-electron chi connectivity index (χ1n) is 4.01. The van der Waals surface area contributed by atoms with E-state index in [0.29, 0.717) is 6.42 Å². The van der Waals surface area contributed by atoms with Crippen molar-refractivity contribution in [2.75, 3.05) is 0 Å². The molecule has 0 aromatic heterocycles. The first-order chi connectivity index (χ1) is 6.11. The van der Waals surface area contributed by atoms with Gasteiger partial charge >= 0.3 is 12.1 Å². The molecule has 0 aromatic rings. The van der Waals surface area contributed by atoms with E-state index in [2.05, 4.69) is 16.1 Å². The average molecular weight is 190 g/mol. The first kappa shape index (κ1) is 11.7. The fourth-order valence-electron chi connectivity index (χ4n) is 0.842. The number of aliphatic carboxylic acids is 1. The van der Waals surface area contributed by atoms with Gasteiger partial charge in [0, 0.05) is 0 Å². The summed E-state index contributed by atoms with van der Waals surface area (Å²) in [5, 5.41) is 10.7. The summed E-state index contributed by atoms with van der Waals surface area (Å²) in [4.78, 5) is 24.9. The summed E-state index contributed by atoms with van der Waals surface area (Å²) < 4.78 is 0. The van der Waals surface area contributed by atoms with Gasteiger partial charge in [-0.2, -0.15) is 5.90 Å². The lowest BCUT2D eigenvalue weighted by atomic mass is 10.1. The van der Waals surface area contributed by atoms with E-state index >= 15 is 0 Å². The zero-order chi connectivity index (χ0) is 10.3. The Hall–Kier alpha value is -1.30. The van der Waals surface area contributed by atoms with Gasteiger partial charge < -0.3 is 15.3 Å². The molecular formula is C7H14N2O4. The highest BCUT2D eigenvalue weighted by atomic mass is 16.7. The first-order valence-corrected chi connectivity index (χ1v) is 4.01. The number of amides is 1. The fraction of sp³-hybridized carbons (Fsp3) is 0.714. The number of hydrogen-bond donors (Lipinski definition) is 3. The van der Waals surface area contributed by atoms with E-state index in [1.165, 1.54) is 0 Å². The van der Waals surface area contributed by atoms with E-state index in [1.54, 1.807) is 0 Å². The molecule has 0 fully saturated rings. The van der Waals surface area contributed by atoms with Crippen LogP contribution in [0.2, 0.25) is 0 Å². The van der Waals surface area contributed by atoms with Crippen LogP contribution in [0.25, 0.3) is 0 Å². The summed E-state index contributed by atoms with van der Waals surface area (Å²) in [7, 11) is 0. The van der Waals surface area contributed by atoms with E-state index in [9.17, 15) is 9.59 Å². The molecule has 1 amide bonds. The molecule has 0 aromatic carbocycles. The van der Waals surface area contributed by atoms with Crippen LogP contribution in [-0.2, 0) is 9.63 Å². The Balaban J connectivity index is 3.94. The van der Waals surface area contributed by atoms with E-state index < -0.39 is 18.1 Å². The molecule has 0 aliphatic heterocycles. The second kappa shape index (κ2) is 6.24. The second-order valence-corrected chi connectivity index (χ2v) is 2.58. The van der Waals surface area contributed by atoms with Gasteiger partial charge in [0.1, 0.15) is 6.04 Å². The van der Waals surface area contributed by atoms with Gasteiger partial charge in [0.2, 0.25) is 0 Å². The van der Waals surface area contributed by atoms with E-state index in [0.717, 1.165) is 12.8 Å². The van der Waals surface area contributed by atoms with Crippen LogP contribution in [0.5, 0.6) is 0 Å². The Labute approximate surface area is 76.0 Å². The van der Waals surface area contributed by atoms with E-state index in [1.807, 2.05) is 6.92 Å². The summed E-state index contributed by atoms with van der Waals surface area (Å²) in [6.07, 6.45) is 1.04. The minimum atomic E-state index is -1.08. The molecule has 0 radical (unpaired) electrons. The van der Waals surface area contributed by atoms with Crippen molar-refractivity contribution >= 4 is 12.1 Å². The maximum atomic E-state index is 10.6. The molecule has 6 heteroatoms. The number of carboxylic acid groups (broad SMARTS) is 1. The lowest BCUT2D eigenvalue weighted by molar-refractivity contribution is -0.139. The molecule has 13 heavy (non-hydrogen) atoms. The van der Waals surface area contributed by atoms with Crippen LogP contribution in [-0.4, -0.2) is 23.2 Å². The predicted octanol–water partition coefficient (Wildman–Crippen LogP) is 0.230. The highest BCUT2D eigenvalue weighted by molar-refractivity contribution is 5.79. The average Bonchev–Trinajstić information content (AvgIpc) is 2.11. The summed E-state index contributed by atoms with van der Waals surface area (Å²) in [5.74, 6) is 3.46. The van der Waals surface area contributed by atoms with Gasteiger partial charge in [-0.05, 0) is 6.42 Å². The molecule has 0 saturated heterocycles. The number of carboxylic acids is 1. The van der Waals surface area contributed by atoms with Gasteiger partial charge in [-0.15, -0.1) is 0 Å². The normalized spacial score (nSPS) is 11.8. The highest BCUT2D eigenvalue weighted by Crippen LogP contribution is 2.00. The Bertz CT molecular complexity index is 183. The minimum absolute atomic E-state index is 0.376. The molecule has 0 spiro atoms. The number of nitrogens with one attached hydrogen (secondary N) is 1. The molecule has 0 bridgehead atoms. The molecule has 0 heterocycles. The molecule has 4 N–H and O–H groups in total. The van der Waals surface area contributed by atoms with Gasteiger partial charge in [0.05, 0.1) is 0 Å². The Morgan fingerprint density at radius 1 is 1.62 bits per heavy atom. The van der Waals surface area contributed by atoms with Crippen LogP contribution in [0.15, 0.2) is 0 Å². The molecule has 6 nitrogen and oxygen atoms in total. The Morgan fingerprint density at radius 2 is 2.23 bits per heavy atom. The van der Waals surface area contributed by atoms with Crippen molar-refractivity contribution in [3.05, 3.63) is 0 Å². The highest BCUT2D eigenvalue weighted by Gasteiger charge is 2.19. The fourth-order valence-corrected chi connectivity index (χ4v) is 0.842. The van der Waals surface area contributed by atoms with Crippen molar-refractivity contribution < 1.29 is 19.5 Å². The van der Waals surface area contributed by atoms with Crippen molar-refractivity contribution in [3.63, 3.8) is 0 Å². The second-order valence-electron chi connectivity index (χ2n) is 2.58. The smallest absolute Gasteiger partial charge is 0.426 e. The van der Waals surface area contributed by atoms with Crippen LogP contribution < -0.4 is 11.2 Å². The Morgan fingerprint density at radius 3 is 2.62 bits per heavy atom. The monoisotopic (exact) mass is 190 g/mol. The molecule has 1 unspecified atom stereocenters. The van der Waals surface area contributed by atoms with Crippen LogP contribution in [0, 0.1) is 0 Å². The largest absolute Gasteiger partial charge is 0.480 e. The number of hydrogen-bond acceptors (Lipinski definition) is 4. The van der Waals surface area contributed by atoms with Crippen molar-refractivity contribution in [2.45, 2.75) is 32.2 Å². The van der Waals surface area contributed by atoms with Crippen LogP contribution >= 0.6 is 0 Å².